The lowest BCUT2D eigenvalue weighted by Gasteiger charge is -2.40. The van der Waals surface area contributed by atoms with E-state index in [9.17, 15) is 0 Å². The van der Waals surface area contributed by atoms with Crippen molar-refractivity contribution in [3.63, 3.8) is 0 Å². The van der Waals surface area contributed by atoms with Crippen molar-refractivity contribution >= 4 is 31.9 Å². The summed E-state index contributed by atoms with van der Waals surface area (Å²) >= 11 is 0. The molecule has 0 fully saturated rings. The zero-order chi connectivity index (χ0) is 30.5. The van der Waals surface area contributed by atoms with Crippen molar-refractivity contribution in [3.05, 3.63) is 193 Å². The summed E-state index contributed by atoms with van der Waals surface area (Å²) in [4.78, 5) is 4.38. The molecule has 0 N–H and O–H groups in total. The van der Waals surface area contributed by atoms with Crippen molar-refractivity contribution in [3.8, 4) is 0 Å². The molecule has 1 atom stereocenters. The van der Waals surface area contributed by atoms with E-state index >= 15 is 0 Å². The SMILES string of the molecule is CCCC=C[SiH](C)C(c1ccccc1)(c1ccccc1)n1ccnc1.c1ccc(B(c2ccccc2)c2ccccc2)cc1. The van der Waals surface area contributed by atoms with Crippen molar-refractivity contribution in [1.82, 2.24) is 9.55 Å². The fourth-order valence-corrected chi connectivity index (χ4v) is 9.14. The summed E-state index contributed by atoms with van der Waals surface area (Å²) in [6, 6.07) is 53.8. The van der Waals surface area contributed by atoms with Crippen LogP contribution in [0.15, 0.2) is 182 Å². The smallest absolute Gasteiger partial charge is 0.241 e. The second-order valence-electron chi connectivity index (χ2n) is 11.1. The molecule has 0 aliphatic carbocycles. The van der Waals surface area contributed by atoms with Crippen LogP contribution in [0.1, 0.15) is 30.9 Å². The van der Waals surface area contributed by atoms with Crippen molar-refractivity contribution in [2.24, 2.45) is 0 Å². The van der Waals surface area contributed by atoms with Crippen LogP contribution in [0.3, 0.4) is 0 Å². The third kappa shape index (κ3) is 7.10. The highest BCUT2D eigenvalue weighted by molar-refractivity contribution is 6.95. The molecule has 0 spiro atoms. The largest absolute Gasteiger partial charge is 0.326 e. The minimum Gasteiger partial charge on any atom is -0.326 e. The molecule has 0 aliphatic heterocycles. The van der Waals surface area contributed by atoms with E-state index < -0.39 is 8.80 Å². The molecular formula is C40H41BN2Si. The predicted molar refractivity (Wildman–Crippen MR) is 192 cm³/mol. The molecule has 5 aromatic carbocycles. The molecule has 0 amide bonds. The number of unbranched alkanes of at least 4 members (excludes halogenated alkanes) is 1. The first-order chi connectivity index (χ1) is 21.7. The van der Waals surface area contributed by atoms with Gasteiger partial charge in [-0.1, -0.05) is 200 Å². The number of hydrogen-bond donors (Lipinski definition) is 0. The molecule has 0 radical (unpaired) electrons. The highest BCUT2D eigenvalue weighted by Crippen LogP contribution is 2.37. The second-order valence-corrected chi connectivity index (χ2v) is 13.9. The lowest BCUT2D eigenvalue weighted by Crippen LogP contribution is -2.51. The van der Waals surface area contributed by atoms with Crippen LogP contribution in [0.25, 0.3) is 0 Å². The van der Waals surface area contributed by atoms with E-state index in [2.05, 4.69) is 193 Å². The topological polar surface area (TPSA) is 17.8 Å². The van der Waals surface area contributed by atoms with Crippen molar-refractivity contribution in [1.29, 1.82) is 0 Å². The summed E-state index contributed by atoms with van der Waals surface area (Å²) in [5.74, 6) is 0. The Morgan fingerprint density at radius 3 is 1.41 bits per heavy atom. The third-order valence-corrected chi connectivity index (χ3v) is 11.4. The predicted octanol–water partition coefficient (Wildman–Crippen LogP) is 7.17. The zero-order valence-corrected chi connectivity index (χ0v) is 26.9. The molecular weight excluding hydrogens is 547 g/mol. The minimum atomic E-state index is -1.39. The quantitative estimate of drug-likeness (QED) is 0.155. The van der Waals surface area contributed by atoms with Crippen LogP contribution in [0.5, 0.6) is 0 Å². The molecule has 6 aromatic rings. The van der Waals surface area contributed by atoms with Gasteiger partial charge in [0.15, 0.2) is 0 Å². The third-order valence-electron chi connectivity index (χ3n) is 8.28. The van der Waals surface area contributed by atoms with Crippen LogP contribution in [-0.2, 0) is 5.16 Å². The van der Waals surface area contributed by atoms with Crippen LogP contribution >= 0.6 is 0 Å². The van der Waals surface area contributed by atoms with Gasteiger partial charge in [0.2, 0.25) is 6.71 Å². The number of rotatable bonds is 10. The summed E-state index contributed by atoms with van der Waals surface area (Å²) < 4.78 is 2.31. The van der Waals surface area contributed by atoms with Gasteiger partial charge in [0.1, 0.15) is 0 Å². The standard InChI is InChI=1S/C22H26N2Si.C18H15B/c1-3-4-11-18-25(2)22(24-17-16-23-19-24,20-12-7-5-8-13-20)21-14-9-6-10-15-21;1-4-10-16(11-5-1)19(17-12-6-2-7-13-17)18-14-8-3-9-15-18/h5-19,25H,3-4H2,1-2H3;1-15H. The lowest BCUT2D eigenvalue weighted by molar-refractivity contribution is 0.587. The molecule has 4 heteroatoms. The minimum absolute atomic E-state index is 0.177. The van der Waals surface area contributed by atoms with Crippen molar-refractivity contribution < 1.29 is 0 Å². The van der Waals surface area contributed by atoms with Gasteiger partial charge < -0.3 is 4.57 Å². The number of benzene rings is 5. The maximum atomic E-state index is 4.38. The van der Waals surface area contributed by atoms with E-state index in [-0.39, 0.29) is 5.16 Å². The van der Waals surface area contributed by atoms with E-state index in [4.69, 9.17) is 0 Å². The summed E-state index contributed by atoms with van der Waals surface area (Å²) in [7, 11) is -1.39. The molecule has 218 valence electrons. The first kappa shape index (κ1) is 30.8. The van der Waals surface area contributed by atoms with Gasteiger partial charge in [-0.05, 0) is 17.5 Å². The Kier molecular flexibility index (Phi) is 11.0. The molecule has 0 saturated carbocycles. The van der Waals surface area contributed by atoms with Gasteiger partial charge in [-0.2, -0.15) is 0 Å². The highest BCUT2D eigenvalue weighted by Gasteiger charge is 2.40. The first-order valence-electron chi connectivity index (χ1n) is 15.7. The van der Waals surface area contributed by atoms with Crippen LogP contribution in [0.2, 0.25) is 6.55 Å². The molecule has 0 aliphatic rings. The Hall–Kier alpha value is -4.67. The fraction of sp³-hybridized carbons (Fsp3) is 0.125. The second kappa shape index (κ2) is 15.7. The Labute approximate surface area is 265 Å². The normalized spacial score (nSPS) is 11.9. The maximum absolute atomic E-state index is 4.38. The first-order valence-corrected chi connectivity index (χ1v) is 18.1. The molecule has 0 bridgehead atoms. The summed E-state index contributed by atoms with van der Waals surface area (Å²) in [5, 5.41) is -0.177. The van der Waals surface area contributed by atoms with Gasteiger partial charge in [0.05, 0.1) is 20.3 Å². The Balaban J connectivity index is 0.000000181. The van der Waals surface area contributed by atoms with Gasteiger partial charge in [0.25, 0.3) is 0 Å². The van der Waals surface area contributed by atoms with Crippen LogP contribution in [0, 0.1) is 0 Å². The Morgan fingerprint density at radius 1 is 0.636 bits per heavy atom. The van der Waals surface area contributed by atoms with E-state index in [1.807, 2.05) is 12.5 Å². The summed E-state index contributed by atoms with van der Waals surface area (Å²) in [6.07, 6.45) is 10.7. The zero-order valence-electron chi connectivity index (χ0n) is 25.8. The maximum Gasteiger partial charge on any atom is 0.241 e. The van der Waals surface area contributed by atoms with Gasteiger partial charge in [-0.15, -0.1) is 0 Å². The van der Waals surface area contributed by atoms with Gasteiger partial charge in [0, 0.05) is 12.4 Å². The number of imidazole rings is 1. The highest BCUT2D eigenvalue weighted by atomic mass is 28.3. The van der Waals surface area contributed by atoms with Crippen LogP contribution < -0.4 is 16.4 Å². The lowest BCUT2D eigenvalue weighted by atomic mass is 9.37. The van der Waals surface area contributed by atoms with Crippen molar-refractivity contribution in [2.45, 2.75) is 31.5 Å². The number of hydrogen-bond acceptors (Lipinski definition) is 1. The van der Waals surface area contributed by atoms with Crippen LogP contribution in [0.4, 0.5) is 0 Å². The monoisotopic (exact) mass is 588 g/mol. The average Bonchev–Trinajstić information content (AvgIpc) is 3.64. The Morgan fingerprint density at radius 2 is 1.05 bits per heavy atom. The van der Waals surface area contributed by atoms with E-state index in [0.717, 1.165) is 6.42 Å². The van der Waals surface area contributed by atoms with E-state index in [0.29, 0.717) is 6.71 Å². The fourth-order valence-electron chi connectivity index (χ4n) is 6.20. The van der Waals surface area contributed by atoms with E-state index in [1.165, 1.54) is 33.9 Å². The molecule has 1 aromatic heterocycles. The molecule has 44 heavy (non-hydrogen) atoms. The molecule has 1 unspecified atom stereocenters. The van der Waals surface area contributed by atoms with Crippen molar-refractivity contribution in [2.75, 3.05) is 0 Å². The van der Waals surface area contributed by atoms with Crippen LogP contribution in [-0.4, -0.2) is 25.1 Å². The molecule has 2 nitrogen and oxygen atoms in total. The van der Waals surface area contributed by atoms with Gasteiger partial charge >= 0.3 is 0 Å². The molecule has 1 heterocycles. The average molecular weight is 589 g/mol. The number of nitrogens with zero attached hydrogens (tertiary/aromatic N) is 2. The Bertz CT molecular complexity index is 1520. The molecule has 0 saturated heterocycles. The molecule has 6 rings (SSSR count). The van der Waals surface area contributed by atoms with E-state index in [1.54, 1.807) is 0 Å². The summed E-state index contributed by atoms with van der Waals surface area (Å²) in [5.41, 5.74) is 9.16. The summed E-state index contributed by atoms with van der Waals surface area (Å²) in [6.45, 7) is 4.98. The van der Waals surface area contributed by atoms with Gasteiger partial charge in [-0.3, -0.25) is 0 Å². The number of aromatic nitrogens is 2. The number of allylic oxidation sites excluding steroid dienone is 1. The van der Waals surface area contributed by atoms with Gasteiger partial charge in [-0.25, -0.2) is 4.98 Å².